The van der Waals surface area contributed by atoms with Gasteiger partial charge in [-0.2, -0.15) is 5.10 Å². The second-order valence-corrected chi connectivity index (χ2v) is 8.47. The summed E-state index contributed by atoms with van der Waals surface area (Å²) in [6.07, 6.45) is 2.56. The molecule has 0 unspecified atom stereocenters. The van der Waals surface area contributed by atoms with E-state index in [4.69, 9.17) is 15.2 Å². The molecule has 0 fully saturated rings. The van der Waals surface area contributed by atoms with Gasteiger partial charge >= 0.3 is 0 Å². The van der Waals surface area contributed by atoms with Crippen molar-refractivity contribution in [1.29, 1.82) is 0 Å². The van der Waals surface area contributed by atoms with E-state index < -0.39 is 0 Å². The van der Waals surface area contributed by atoms with Crippen molar-refractivity contribution < 1.29 is 4.42 Å². The number of hydrogen-bond donors (Lipinski definition) is 1. The van der Waals surface area contributed by atoms with Crippen LogP contribution < -0.4 is 5.73 Å². The van der Waals surface area contributed by atoms with Gasteiger partial charge in [0.25, 0.3) is 0 Å². The quantitative estimate of drug-likeness (QED) is 0.472. The van der Waals surface area contributed by atoms with Crippen LogP contribution in [0.3, 0.4) is 0 Å². The Labute approximate surface area is 184 Å². The molecule has 0 spiro atoms. The van der Waals surface area contributed by atoms with E-state index in [0.717, 1.165) is 52.9 Å². The molecule has 5 aromatic rings. The maximum atomic E-state index is 6.28. The zero-order chi connectivity index (χ0) is 21.8. The summed E-state index contributed by atoms with van der Waals surface area (Å²) < 4.78 is 7.53. The van der Waals surface area contributed by atoms with Crippen molar-refractivity contribution >= 4 is 28.0 Å². The van der Waals surface area contributed by atoms with E-state index in [1.54, 1.807) is 0 Å². The first-order valence-corrected chi connectivity index (χ1v) is 10.7. The number of nitrogens with two attached hydrogens (primary N) is 1. The fraction of sp³-hybridized carbons (Fsp3) is 0.250. The van der Waals surface area contributed by atoms with E-state index in [2.05, 4.69) is 45.1 Å². The summed E-state index contributed by atoms with van der Waals surface area (Å²) in [5.74, 6) is 1.05. The molecular formula is C24H23N7O. The second kappa shape index (κ2) is 7.13. The molecule has 0 bridgehead atoms. The van der Waals surface area contributed by atoms with E-state index in [-0.39, 0.29) is 0 Å². The van der Waals surface area contributed by atoms with Crippen LogP contribution in [0.5, 0.6) is 0 Å². The van der Waals surface area contributed by atoms with Gasteiger partial charge in [-0.15, -0.1) is 0 Å². The molecule has 8 heteroatoms. The van der Waals surface area contributed by atoms with Gasteiger partial charge in [-0.25, -0.2) is 19.6 Å². The summed E-state index contributed by atoms with van der Waals surface area (Å²) in [4.78, 5) is 15.5. The number of hydrogen-bond acceptors (Lipinski definition) is 7. The van der Waals surface area contributed by atoms with Crippen LogP contribution in [0.15, 0.2) is 47.1 Å². The molecule has 0 saturated carbocycles. The monoisotopic (exact) mass is 425 g/mol. The molecule has 0 radical (unpaired) electrons. The highest BCUT2D eigenvalue weighted by Crippen LogP contribution is 2.32. The van der Waals surface area contributed by atoms with E-state index in [9.17, 15) is 0 Å². The fourth-order valence-corrected chi connectivity index (χ4v) is 4.55. The Bertz CT molecular complexity index is 1480. The van der Waals surface area contributed by atoms with Gasteiger partial charge < -0.3 is 15.1 Å². The zero-order valence-electron chi connectivity index (χ0n) is 18.0. The number of nitrogen functional groups attached to an aromatic ring is 1. The molecule has 1 aliphatic heterocycles. The largest absolute Gasteiger partial charge is 0.441 e. The number of nitrogens with zero attached hydrogens (tertiary/aromatic N) is 6. The van der Waals surface area contributed by atoms with Gasteiger partial charge in [-0.1, -0.05) is 18.2 Å². The lowest BCUT2D eigenvalue weighted by Crippen LogP contribution is -2.26. The number of anilines is 1. The van der Waals surface area contributed by atoms with Crippen LogP contribution in [0.4, 0.5) is 5.82 Å². The molecule has 2 aromatic carbocycles. The Balaban J connectivity index is 1.45. The smallest absolute Gasteiger partial charge is 0.192 e. The predicted molar refractivity (Wildman–Crippen MR) is 123 cm³/mol. The standard InChI is InChI=1S/C24H23N7O/c1-14-28-19-10-17(5-6-20(19)32-14)22-21-23(25)26-13-27-24(21)31(29-22)11-15-3-4-18-12-30(2)8-7-16(18)9-15/h3-6,9-10,13H,7-8,11-12H2,1-2H3,(H2,25,26,27). The highest BCUT2D eigenvalue weighted by Gasteiger charge is 2.19. The van der Waals surface area contributed by atoms with Gasteiger partial charge in [-0.3, -0.25) is 0 Å². The number of aryl methyl sites for hydroxylation is 1. The van der Waals surface area contributed by atoms with Gasteiger partial charge in [0.2, 0.25) is 0 Å². The summed E-state index contributed by atoms with van der Waals surface area (Å²) in [7, 11) is 2.16. The minimum atomic E-state index is 0.418. The van der Waals surface area contributed by atoms with Crippen LogP contribution in [0, 0.1) is 6.92 Å². The average Bonchev–Trinajstić information content (AvgIpc) is 3.34. The molecule has 6 rings (SSSR count). The minimum absolute atomic E-state index is 0.418. The molecule has 0 aliphatic carbocycles. The van der Waals surface area contributed by atoms with Crippen molar-refractivity contribution in [1.82, 2.24) is 29.6 Å². The highest BCUT2D eigenvalue weighted by molar-refractivity contribution is 5.99. The van der Waals surface area contributed by atoms with E-state index in [1.165, 1.54) is 23.0 Å². The maximum absolute atomic E-state index is 6.28. The summed E-state index contributed by atoms with van der Waals surface area (Å²) in [6, 6.07) is 12.6. The van der Waals surface area contributed by atoms with Crippen LogP contribution in [0.2, 0.25) is 0 Å². The second-order valence-electron chi connectivity index (χ2n) is 8.47. The molecule has 1 aliphatic rings. The van der Waals surface area contributed by atoms with Crippen molar-refractivity contribution in [2.24, 2.45) is 0 Å². The fourth-order valence-electron chi connectivity index (χ4n) is 4.55. The van der Waals surface area contributed by atoms with Crippen molar-refractivity contribution in [2.75, 3.05) is 19.3 Å². The van der Waals surface area contributed by atoms with Gasteiger partial charge in [0.1, 0.15) is 23.4 Å². The Morgan fingerprint density at radius 1 is 1.09 bits per heavy atom. The predicted octanol–water partition coefficient (Wildman–Crippen LogP) is 3.56. The molecule has 0 amide bonds. The molecule has 0 saturated heterocycles. The van der Waals surface area contributed by atoms with Gasteiger partial charge in [-0.05, 0) is 48.4 Å². The molecule has 160 valence electrons. The minimum Gasteiger partial charge on any atom is -0.441 e. The average molecular weight is 425 g/mol. The summed E-state index contributed by atoms with van der Waals surface area (Å²) >= 11 is 0. The van der Waals surface area contributed by atoms with Gasteiger partial charge in [0.15, 0.2) is 17.1 Å². The van der Waals surface area contributed by atoms with Crippen LogP contribution >= 0.6 is 0 Å². The van der Waals surface area contributed by atoms with Crippen molar-refractivity contribution in [3.63, 3.8) is 0 Å². The lowest BCUT2D eigenvalue weighted by Gasteiger charge is -2.25. The topological polar surface area (TPSA) is 98.9 Å². The summed E-state index contributed by atoms with van der Waals surface area (Å²) in [6.45, 7) is 4.53. The number of likely N-dealkylation sites (N-methyl/N-ethyl adjacent to an activating group) is 1. The molecule has 3 aromatic heterocycles. The van der Waals surface area contributed by atoms with Crippen molar-refractivity contribution in [2.45, 2.75) is 26.4 Å². The van der Waals surface area contributed by atoms with Gasteiger partial charge in [0.05, 0.1) is 11.9 Å². The van der Waals surface area contributed by atoms with Gasteiger partial charge in [0, 0.05) is 25.6 Å². The number of fused-ring (bicyclic) bond motifs is 3. The molecule has 4 heterocycles. The SMILES string of the molecule is Cc1nc2cc(-c3nn(Cc4ccc5c(c4)CCN(C)C5)c4ncnc(N)c34)ccc2o1. The summed E-state index contributed by atoms with van der Waals surface area (Å²) in [5.41, 5.74) is 14.2. The van der Waals surface area contributed by atoms with Crippen molar-refractivity contribution in [3.8, 4) is 11.3 Å². The molecule has 32 heavy (non-hydrogen) atoms. The summed E-state index contributed by atoms with van der Waals surface area (Å²) in [5, 5.41) is 5.68. The number of aromatic nitrogens is 5. The first kappa shape index (κ1) is 18.9. The lowest BCUT2D eigenvalue weighted by molar-refractivity contribution is 0.313. The Morgan fingerprint density at radius 2 is 2.00 bits per heavy atom. The van der Waals surface area contributed by atoms with Crippen LogP contribution in [-0.2, 0) is 19.5 Å². The maximum Gasteiger partial charge on any atom is 0.192 e. The Hall–Kier alpha value is -3.78. The van der Waals surface area contributed by atoms with Crippen molar-refractivity contribution in [3.05, 3.63) is 65.3 Å². The third-order valence-corrected chi connectivity index (χ3v) is 6.13. The third kappa shape index (κ3) is 3.11. The Morgan fingerprint density at radius 3 is 2.91 bits per heavy atom. The van der Waals surface area contributed by atoms with Crippen LogP contribution in [0.1, 0.15) is 22.6 Å². The van der Waals surface area contributed by atoms with E-state index in [0.29, 0.717) is 18.3 Å². The Kier molecular flexibility index (Phi) is 4.22. The number of rotatable bonds is 3. The molecule has 8 nitrogen and oxygen atoms in total. The van der Waals surface area contributed by atoms with E-state index in [1.807, 2.05) is 29.8 Å². The first-order chi connectivity index (χ1) is 15.5. The number of benzene rings is 2. The lowest BCUT2D eigenvalue weighted by atomic mass is 9.97. The third-order valence-electron chi connectivity index (χ3n) is 6.13. The number of oxazole rings is 1. The normalized spacial score (nSPS) is 14.3. The van der Waals surface area contributed by atoms with E-state index >= 15 is 0 Å². The zero-order valence-corrected chi connectivity index (χ0v) is 18.0. The van der Waals surface area contributed by atoms with Crippen LogP contribution in [0.25, 0.3) is 33.4 Å². The molecular weight excluding hydrogens is 402 g/mol. The molecule has 2 N–H and O–H groups in total. The highest BCUT2D eigenvalue weighted by atomic mass is 16.3. The first-order valence-electron chi connectivity index (χ1n) is 10.7. The van der Waals surface area contributed by atoms with Crippen LogP contribution in [-0.4, -0.2) is 43.2 Å². The molecule has 0 atom stereocenters.